The van der Waals surface area contributed by atoms with Gasteiger partial charge in [-0.3, -0.25) is 4.90 Å². The zero-order chi connectivity index (χ0) is 13.7. The number of methoxy groups -OCH3 is 1. The molecule has 1 N–H and O–H groups in total. The molecule has 1 saturated heterocycles. The van der Waals surface area contributed by atoms with E-state index in [0.29, 0.717) is 0 Å². The van der Waals surface area contributed by atoms with Crippen LogP contribution in [-0.4, -0.2) is 38.2 Å². The fraction of sp³-hybridized carbons (Fsp3) is 0.500. The number of nitrogens with zero attached hydrogens (tertiary/aromatic N) is 2. The average Bonchev–Trinajstić information content (AvgIpc) is 2.69. The van der Waals surface area contributed by atoms with E-state index in [0.717, 1.165) is 48.4 Å². The number of halogens is 1. The predicted octanol–water partition coefficient (Wildman–Crippen LogP) is 2.32. The molecule has 0 spiro atoms. The maximum Gasteiger partial charge on any atom is 0.127 e. The Kier molecular flexibility index (Phi) is 5.20. The fourth-order valence-corrected chi connectivity index (χ4v) is 2.77. The Labute approximate surface area is 122 Å². The number of nitriles is 1. The van der Waals surface area contributed by atoms with Gasteiger partial charge in [-0.25, -0.2) is 0 Å². The molecule has 0 radical (unpaired) electrons. The molecule has 0 aromatic heterocycles. The Hall–Kier alpha value is -1.09. The van der Waals surface area contributed by atoms with Crippen LogP contribution in [0.4, 0.5) is 0 Å². The first-order valence-electron chi connectivity index (χ1n) is 6.44. The molecule has 0 amide bonds. The summed E-state index contributed by atoms with van der Waals surface area (Å²) in [4.78, 5) is 2.21. The molecule has 1 aromatic rings. The van der Waals surface area contributed by atoms with E-state index in [1.807, 2.05) is 18.2 Å². The van der Waals surface area contributed by atoms with Crippen LogP contribution in [0, 0.1) is 11.3 Å². The van der Waals surface area contributed by atoms with Crippen molar-refractivity contribution >= 4 is 15.9 Å². The van der Waals surface area contributed by atoms with Crippen molar-refractivity contribution in [3.05, 3.63) is 28.2 Å². The normalized spacial score (nSPS) is 18.4. The summed E-state index contributed by atoms with van der Waals surface area (Å²) in [5, 5.41) is 12.9. The Bertz CT molecular complexity index is 464. The van der Waals surface area contributed by atoms with E-state index in [1.54, 1.807) is 7.11 Å². The van der Waals surface area contributed by atoms with Gasteiger partial charge >= 0.3 is 0 Å². The molecule has 1 aliphatic rings. The van der Waals surface area contributed by atoms with Crippen LogP contribution in [0.15, 0.2) is 22.7 Å². The number of rotatable bonds is 3. The molecule has 1 heterocycles. The van der Waals surface area contributed by atoms with E-state index >= 15 is 0 Å². The molecule has 1 unspecified atom stereocenters. The summed E-state index contributed by atoms with van der Waals surface area (Å²) in [6.45, 7) is 3.76. The highest BCUT2D eigenvalue weighted by atomic mass is 79.9. The summed E-state index contributed by atoms with van der Waals surface area (Å²) in [5.41, 5.74) is 0.932. The molecule has 2 rings (SSSR count). The fourth-order valence-electron chi connectivity index (χ4n) is 2.39. The van der Waals surface area contributed by atoms with Gasteiger partial charge in [0, 0.05) is 29.7 Å². The molecule has 1 fully saturated rings. The van der Waals surface area contributed by atoms with Crippen molar-refractivity contribution in [3.63, 3.8) is 0 Å². The lowest BCUT2D eigenvalue weighted by molar-refractivity contribution is 0.247. The zero-order valence-electron chi connectivity index (χ0n) is 11.0. The molecule has 102 valence electrons. The lowest BCUT2D eigenvalue weighted by Gasteiger charge is -2.26. The number of nitrogens with one attached hydrogen (secondary N) is 1. The van der Waals surface area contributed by atoms with Crippen LogP contribution in [-0.2, 0) is 0 Å². The highest BCUT2D eigenvalue weighted by Gasteiger charge is 2.24. The standard InChI is InChI=1S/C14H18BrN3O/c1-19-14-4-3-11(15)9-12(14)13(10-16)18-7-2-5-17-6-8-18/h3-4,9,13,17H,2,5-8H2,1H3. The molecule has 1 atom stereocenters. The maximum absolute atomic E-state index is 9.55. The molecule has 0 aliphatic carbocycles. The van der Waals surface area contributed by atoms with Gasteiger partial charge < -0.3 is 10.1 Å². The topological polar surface area (TPSA) is 48.3 Å². The Morgan fingerprint density at radius 3 is 3.00 bits per heavy atom. The van der Waals surface area contributed by atoms with Gasteiger partial charge in [-0.2, -0.15) is 5.26 Å². The van der Waals surface area contributed by atoms with Gasteiger partial charge in [0.05, 0.1) is 13.2 Å². The number of ether oxygens (including phenoxy) is 1. The molecule has 0 saturated carbocycles. The molecule has 1 aromatic carbocycles. The number of hydrogen-bond acceptors (Lipinski definition) is 4. The first-order valence-corrected chi connectivity index (χ1v) is 7.23. The first kappa shape index (κ1) is 14.3. The monoisotopic (exact) mass is 323 g/mol. The van der Waals surface area contributed by atoms with Crippen LogP contribution in [0.25, 0.3) is 0 Å². The Morgan fingerprint density at radius 1 is 1.42 bits per heavy atom. The van der Waals surface area contributed by atoms with Crippen LogP contribution in [0.1, 0.15) is 18.0 Å². The summed E-state index contributed by atoms with van der Waals surface area (Å²) in [5.74, 6) is 0.770. The van der Waals surface area contributed by atoms with Crippen LogP contribution < -0.4 is 10.1 Å². The third kappa shape index (κ3) is 3.47. The van der Waals surface area contributed by atoms with E-state index in [4.69, 9.17) is 4.74 Å². The second-order valence-electron chi connectivity index (χ2n) is 4.56. The van der Waals surface area contributed by atoms with Crippen molar-refractivity contribution in [2.24, 2.45) is 0 Å². The van der Waals surface area contributed by atoms with Crippen molar-refractivity contribution in [1.29, 1.82) is 5.26 Å². The van der Waals surface area contributed by atoms with Gasteiger partial charge in [0.25, 0.3) is 0 Å². The van der Waals surface area contributed by atoms with E-state index in [2.05, 4.69) is 32.2 Å². The van der Waals surface area contributed by atoms with E-state index in [9.17, 15) is 5.26 Å². The minimum Gasteiger partial charge on any atom is -0.496 e. The molecule has 0 bridgehead atoms. The summed E-state index contributed by atoms with van der Waals surface area (Å²) < 4.78 is 6.36. The van der Waals surface area contributed by atoms with Gasteiger partial charge in [-0.1, -0.05) is 15.9 Å². The summed E-state index contributed by atoms with van der Waals surface area (Å²) in [6.07, 6.45) is 1.06. The van der Waals surface area contributed by atoms with Gasteiger partial charge in [0.1, 0.15) is 11.8 Å². The van der Waals surface area contributed by atoms with Crippen LogP contribution in [0.3, 0.4) is 0 Å². The lowest BCUT2D eigenvalue weighted by atomic mass is 10.0. The van der Waals surface area contributed by atoms with Gasteiger partial charge in [0.2, 0.25) is 0 Å². The third-order valence-electron chi connectivity index (χ3n) is 3.35. The minimum absolute atomic E-state index is 0.257. The second kappa shape index (κ2) is 6.90. The quantitative estimate of drug-likeness (QED) is 0.927. The van der Waals surface area contributed by atoms with Gasteiger partial charge in [0.15, 0.2) is 0 Å². The zero-order valence-corrected chi connectivity index (χ0v) is 12.6. The summed E-state index contributed by atoms with van der Waals surface area (Å²) in [6, 6.07) is 7.97. The highest BCUT2D eigenvalue weighted by molar-refractivity contribution is 9.10. The number of hydrogen-bond donors (Lipinski definition) is 1. The minimum atomic E-state index is -0.257. The molecule has 4 nitrogen and oxygen atoms in total. The van der Waals surface area contributed by atoms with Crippen LogP contribution in [0.5, 0.6) is 5.75 Å². The smallest absolute Gasteiger partial charge is 0.127 e. The van der Waals surface area contributed by atoms with Crippen molar-refractivity contribution in [3.8, 4) is 11.8 Å². The molecule has 5 heteroatoms. The first-order chi connectivity index (χ1) is 9.26. The van der Waals surface area contributed by atoms with Gasteiger partial charge in [-0.15, -0.1) is 0 Å². The van der Waals surface area contributed by atoms with Crippen molar-refractivity contribution < 1.29 is 4.74 Å². The Balaban J connectivity index is 2.30. The Morgan fingerprint density at radius 2 is 2.26 bits per heavy atom. The van der Waals surface area contributed by atoms with E-state index in [1.165, 1.54) is 0 Å². The van der Waals surface area contributed by atoms with Crippen molar-refractivity contribution in [2.75, 3.05) is 33.3 Å². The van der Waals surface area contributed by atoms with Crippen LogP contribution >= 0.6 is 15.9 Å². The summed E-state index contributed by atoms with van der Waals surface area (Å²) in [7, 11) is 1.64. The SMILES string of the molecule is COc1ccc(Br)cc1C(C#N)N1CCCNCC1. The largest absolute Gasteiger partial charge is 0.496 e. The van der Waals surface area contributed by atoms with E-state index < -0.39 is 0 Å². The third-order valence-corrected chi connectivity index (χ3v) is 3.84. The van der Waals surface area contributed by atoms with Crippen molar-refractivity contribution in [2.45, 2.75) is 12.5 Å². The number of benzene rings is 1. The predicted molar refractivity (Wildman–Crippen MR) is 78.1 cm³/mol. The molecular weight excluding hydrogens is 306 g/mol. The molecule has 19 heavy (non-hydrogen) atoms. The van der Waals surface area contributed by atoms with Crippen molar-refractivity contribution in [1.82, 2.24) is 10.2 Å². The molecular formula is C14H18BrN3O. The van der Waals surface area contributed by atoms with Crippen LogP contribution in [0.2, 0.25) is 0 Å². The second-order valence-corrected chi connectivity index (χ2v) is 5.47. The lowest BCUT2D eigenvalue weighted by Crippen LogP contribution is -2.31. The van der Waals surface area contributed by atoms with E-state index in [-0.39, 0.29) is 6.04 Å². The molecule has 1 aliphatic heterocycles. The van der Waals surface area contributed by atoms with Gasteiger partial charge in [-0.05, 0) is 31.2 Å². The highest BCUT2D eigenvalue weighted by Crippen LogP contribution is 2.31. The summed E-state index contributed by atoms with van der Waals surface area (Å²) >= 11 is 3.47. The average molecular weight is 324 g/mol. The maximum atomic E-state index is 9.55.